The molecular formula is C20H24N2O7. The van der Waals surface area contributed by atoms with Crippen LogP contribution in [-0.4, -0.2) is 47.4 Å². The minimum atomic E-state index is -0.989. The monoisotopic (exact) mass is 404 g/mol. The molecule has 1 aliphatic rings. The molecule has 0 saturated heterocycles. The highest BCUT2D eigenvalue weighted by Crippen LogP contribution is 2.41. The maximum Gasteiger partial charge on any atom is 0.270 e. The molecule has 156 valence electrons. The van der Waals surface area contributed by atoms with E-state index >= 15 is 0 Å². The molecule has 1 aromatic carbocycles. The van der Waals surface area contributed by atoms with E-state index < -0.39 is 22.7 Å². The second kappa shape index (κ2) is 9.88. The van der Waals surface area contributed by atoms with E-state index in [2.05, 4.69) is 11.9 Å². The Bertz CT molecular complexity index is 828. The Kier molecular flexibility index (Phi) is 7.55. The first-order valence-electron chi connectivity index (χ1n) is 8.92. The van der Waals surface area contributed by atoms with Gasteiger partial charge in [-0.2, -0.15) is 0 Å². The van der Waals surface area contributed by atoms with Crippen LogP contribution in [0.3, 0.4) is 0 Å². The van der Waals surface area contributed by atoms with Gasteiger partial charge in [0.15, 0.2) is 0 Å². The number of hydrogen-bond acceptors (Lipinski definition) is 8. The van der Waals surface area contributed by atoms with E-state index in [1.165, 1.54) is 30.5 Å². The molecule has 2 rings (SSSR count). The van der Waals surface area contributed by atoms with Gasteiger partial charge in [0.1, 0.15) is 48.6 Å². The van der Waals surface area contributed by atoms with Gasteiger partial charge in [0.05, 0.1) is 17.5 Å². The SMILES string of the molecule is C=CCOC(=COCC=C=O)CN[C@H]1c2cc([N+](=O)[O-])ccc2OC(C)(C)[C@@H]1O. The fourth-order valence-corrected chi connectivity index (χ4v) is 2.85. The van der Waals surface area contributed by atoms with Crippen molar-refractivity contribution in [3.8, 4) is 5.75 Å². The van der Waals surface area contributed by atoms with Gasteiger partial charge in [-0.15, -0.1) is 0 Å². The minimum absolute atomic E-state index is 0.0341. The number of nitro groups is 1. The first-order valence-corrected chi connectivity index (χ1v) is 8.92. The number of hydrogen-bond donors (Lipinski definition) is 2. The van der Waals surface area contributed by atoms with Gasteiger partial charge in [-0.05, 0) is 19.9 Å². The highest BCUT2D eigenvalue weighted by molar-refractivity contribution is 5.48. The second-order valence-corrected chi connectivity index (χ2v) is 6.83. The number of fused-ring (bicyclic) bond motifs is 1. The molecule has 2 N–H and O–H groups in total. The van der Waals surface area contributed by atoms with Crippen LogP contribution in [0.15, 0.2) is 49.0 Å². The summed E-state index contributed by atoms with van der Waals surface area (Å²) < 4.78 is 16.5. The Hall–Kier alpha value is -3.13. The second-order valence-electron chi connectivity index (χ2n) is 6.83. The molecule has 1 heterocycles. The summed E-state index contributed by atoms with van der Waals surface area (Å²) in [6.45, 7) is 7.47. The summed E-state index contributed by atoms with van der Waals surface area (Å²) >= 11 is 0. The summed E-state index contributed by atoms with van der Waals surface area (Å²) in [4.78, 5) is 20.9. The zero-order valence-corrected chi connectivity index (χ0v) is 16.3. The van der Waals surface area contributed by atoms with Crippen molar-refractivity contribution in [2.75, 3.05) is 19.8 Å². The molecule has 29 heavy (non-hydrogen) atoms. The lowest BCUT2D eigenvalue weighted by atomic mass is 9.86. The lowest BCUT2D eigenvalue weighted by Gasteiger charge is -2.42. The van der Waals surface area contributed by atoms with Crippen LogP contribution in [0.2, 0.25) is 0 Å². The molecule has 0 spiro atoms. The molecule has 2 atom stereocenters. The summed E-state index contributed by atoms with van der Waals surface area (Å²) in [6.07, 6.45) is 3.09. The molecule has 9 heteroatoms. The fraction of sp³-hybridized carbons (Fsp3) is 0.400. The molecule has 0 aromatic heterocycles. The van der Waals surface area contributed by atoms with Gasteiger partial charge >= 0.3 is 0 Å². The Morgan fingerprint density at radius 3 is 2.90 bits per heavy atom. The van der Waals surface area contributed by atoms with Crippen LogP contribution < -0.4 is 10.1 Å². The first-order chi connectivity index (χ1) is 13.8. The standard InChI is InChI=1S/C20H24N2O7/c1-4-9-28-15(13-27-10-5-8-23)12-21-18-16-11-14(22(25)26)6-7-17(16)29-20(2,3)19(18)24/h4-7,11,13,18-19,21,24H,1,9-10,12H2,2-3H3/t18-,19+/m0/s1. The molecule has 0 unspecified atom stereocenters. The van der Waals surface area contributed by atoms with Crippen molar-refractivity contribution in [1.82, 2.24) is 5.32 Å². The number of aliphatic hydroxyl groups is 1. The van der Waals surface area contributed by atoms with Crippen molar-refractivity contribution < 1.29 is 29.0 Å². The molecule has 0 bridgehead atoms. The van der Waals surface area contributed by atoms with Gasteiger partial charge in [-0.25, -0.2) is 4.79 Å². The lowest BCUT2D eigenvalue weighted by Crippen LogP contribution is -2.52. The van der Waals surface area contributed by atoms with Crippen LogP contribution in [0.1, 0.15) is 25.5 Å². The zero-order chi connectivity index (χ0) is 21.4. The number of benzene rings is 1. The van der Waals surface area contributed by atoms with Crippen molar-refractivity contribution in [2.24, 2.45) is 0 Å². The predicted molar refractivity (Wildman–Crippen MR) is 105 cm³/mol. The average Bonchev–Trinajstić information content (AvgIpc) is 2.68. The van der Waals surface area contributed by atoms with E-state index in [1.54, 1.807) is 25.9 Å². The van der Waals surface area contributed by atoms with E-state index in [4.69, 9.17) is 14.2 Å². The van der Waals surface area contributed by atoms with Crippen LogP contribution in [0.4, 0.5) is 5.69 Å². The van der Waals surface area contributed by atoms with Crippen molar-refractivity contribution in [3.63, 3.8) is 0 Å². The van der Waals surface area contributed by atoms with E-state index in [1.807, 2.05) is 0 Å². The first kappa shape index (κ1) is 22.2. The van der Waals surface area contributed by atoms with Gasteiger partial charge in [0.25, 0.3) is 5.69 Å². The smallest absolute Gasteiger partial charge is 0.270 e. The zero-order valence-electron chi connectivity index (χ0n) is 16.3. The molecule has 0 amide bonds. The summed E-state index contributed by atoms with van der Waals surface area (Å²) in [5.41, 5.74) is -0.551. The van der Waals surface area contributed by atoms with E-state index in [-0.39, 0.29) is 25.4 Å². The van der Waals surface area contributed by atoms with Gasteiger partial charge in [-0.3, -0.25) is 10.1 Å². The Labute approximate surface area is 168 Å². The van der Waals surface area contributed by atoms with Crippen molar-refractivity contribution in [3.05, 3.63) is 64.6 Å². The summed E-state index contributed by atoms with van der Waals surface area (Å²) in [7, 11) is 0. The minimum Gasteiger partial charge on any atom is -0.493 e. The van der Waals surface area contributed by atoms with Gasteiger partial charge in [0.2, 0.25) is 0 Å². The number of aliphatic hydroxyl groups excluding tert-OH is 1. The third kappa shape index (κ3) is 5.68. The summed E-state index contributed by atoms with van der Waals surface area (Å²) in [5.74, 6) is 2.45. The molecule has 0 aliphatic carbocycles. The van der Waals surface area contributed by atoms with Gasteiger partial charge in [-0.1, -0.05) is 12.7 Å². The average molecular weight is 404 g/mol. The summed E-state index contributed by atoms with van der Waals surface area (Å²) in [5, 5.41) is 25.1. The van der Waals surface area contributed by atoms with E-state index in [0.717, 1.165) is 0 Å². The van der Waals surface area contributed by atoms with Crippen molar-refractivity contribution >= 4 is 11.6 Å². The molecule has 0 fully saturated rings. The maximum absolute atomic E-state index is 11.2. The van der Waals surface area contributed by atoms with Crippen LogP contribution in [-0.2, 0) is 14.3 Å². The molecule has 1 aromatic rings. The number of carbonyl (C=O) groups excluding carboxylic acids is 1. The van der Waals surface area contributed by atoms with Crippen LogP contribution in [0.25, 0.3) is 0 Å². The number of nitrogens with zero attached hydrogens (tertiary/aromatic N) is 1. The van der Waals surface area contributed by atoms with Crippen molar-refractivity contribution in [2.45, 2.75) is 31.6 Å². The summed E-state index contributed by atoms with van der Waals surface area (Å²) in [6, 6.07) is 3.61. The van der Waals surface area contributed by atoms with Crippen molar-refractivity contribution in [1.29, 1.82) is 0 Å². The maximum atomic E-state index is 11.2. The van der Waals surface area contributed by atoms with Gasteiger partial charge in [0, 0.05) is 23.8 Å². The largest absolute Gasteiger partial charge is 0.493 e. The quantitative estimate of drug-likeness (QED) is 0.152. The highest BCUT2D eigenvalue weighted by atomic mass is 16.6. The number of nitro benzene ring substituents is 1. The molecule has 0 radical (unpaired) electrons. The fourth-order valence-electron chi connectivity index (χ4n) is 2.85. The molecule has 1 aliphatic heterocycles. The van der Waals surface area contributed by atoms with Crippen LogP contribution in [0.5, 0.6) is 5.75 Å². The van der Waals surface area contributed by atoms with E-state index in [9.17, 15) is 20.0 Å². The number of rotatable bonds is 10. The normalized spacial score (nSPS) is 19.9. The Balaban J connectivity index is 2.26. The molecule has 0 saturated carbocycles. The lowest BCUT2D eigenvalue weighted by molar-refractivity contribution is -0.385. The number of non-ortho nitro benzene ring substituents is 1. The molecular weight excluding hydrogens is 380 g/mol. The van der Waals surface area contributed by atoms with Gasteiger partial charge < -0.3 is 24.6 Å². The van der Waals surface area contributed by atoms with E-state index in [0.29, 0.717) is 17.1 Å². The number of ether oxygens (including phenoxy) is 3. The molecule has 9 nitrogen and oxygen atoms in total. The third-order valence-corrected chi connectivity index (χ3v) is 4.30. The predicted octanol–water partition coefficient (Wildman–Crippen LogP) is 2.21. The number of nitrogens with one attached hydrogen (secondary N) is 1. The van der Waals surface area contributed by atoms with Crippen LogP contribution >= 0.6 is 0 Å². The Morgan fingerprint density at radius 1 is 1.48 bits per heavy atom. The Morgan fingerprint density at radius 2 is 2.24 bits per heavy atom. The van der Waals surface area contributed by atoms with Crippen LogP contribution in [0, 0.1) is 10.1 Å². The highest BCUT2D eigenvalue weighted by Gasteiger charge is 2.43. The third-order valence-electron chi connectivity index (χ3n) is 4.30. The topological polar surface area (TPSA) is 120 Å².